The first-order chi connectivity index (χ1) is 32.9. The van der Waals surface area contributed by atoms with E-state index in [1.54, 1.807) is 12.0 Å². The van der Waals surface area contributed by atoms with E-state index in [2.05, 4.69) is 191 Å². The molecule has 0 heterocycles. The molecule has 0 saturated heterocycles. The minimum atomic E-state index is -0.210. The molecule has 0 fully saturated rings. The van der Waals surface area contributed by atoms with E-state index in [1.807, 2.05) is 27.7 Å². The van der Waals surface area contributed by atoms with Gasteiger partial charge in [-0.15, -0.1) is 0 Å². The molecular weight excluding hydrogens is 897 g/mol. The van der Waals surface area contributed by atoms with Gasteiger partial charge in [0.15, 0.2) is 12.6 Å². The second-order valence-corrected chi connectivity index (χ2v) is 27.5. The van der Waals surface area contributed by atoms with Gasteiger partial charge in [0.25, 0.3) is 0 Å². The molecule has 6 nitrogen and oxygen atoms in total. The van der Waals surface area contributed by atoms with E-state index in [0.717, 1.165) is 45.1 Å². The lowest BCUT2D eigenvalue weighted by Gasteiger charge is -2.50. The molecule has 0 saturated carbocycles. The summed E-state index contributed by atoms with van der Waals surface area (Å²) in [5, 5.41) is 0. The molecule has 0 amide bonds. The minimum absolute atomic E-state index is 0.0273. The SMILES string of the molecule is CCOC(C)OCC(COSC(C)(C)C(CC(C)(C)C(C)(C)C/C(C)=C/CC(C)(C)C(C)(C)C(CC(C)(C)CCCC(C)OCC(COC(C)OCC)C(C)C)c1ccccc1)c1ccccc1)C(C)C. The summed E-state index contributed by atoms with van der Waals surface area (Å²) in [7, 11) is 0. The first-order valence-corrected chi connectivity index (χ1v) is 28.8. The van der Waals surface area contributed by atoms with Crippen molar-refractivity contribution in [2.75, 3.05) is 39.6 Å². The van der Waals surface area contributed by atoms with Crippen LogP contribution in [0.1, 0.15) is 220 Å². The zero-order chi connectivity index (χ0) is 53.8. The molecule has 0 aliphatic carbocycles. The number of allylic oxidation sites excluding steroid dienone is 2. The van der Waals surface area contributed by atoms with Gasteiger partial charge in [-0.1, -0.05) is 176 Å². The Bertz CT molecular complexity index is 1750. The predicted molar refractivity (Wildman–Crippen MR) is 307 cm³/mol. The first-order valence-electron chi connectivity index (χ1n) is 28.1. The van der Waals surface area contributed by atoms with Gasteiger partial charge in [-0.25, -0.2) is 0 Å². The Balaban J connectivity index is 2.22. The third-order valence-corrected chi connectivity index (χ3v) is 18.2. The highest BCUT2D eigenvalue weighted by atomic mass is 32.2. The molecular formula is C64H112O6S. The van der Waals surface area contributed by atoms with Crippen molar-refractivity contribution in [2.24, 2.45) is 50.7 Å². The fourth-order valence-corrected chi connectivity index (χ4v) is 10.9. The predicted octanol–water partition coefficient (Wildman–Crippen LogP) is 18.6. The largest absolute Gasteiger partial charge is 0.378 e. The molecule has 0 spiro atoms. The maximum absolute atomic E-state index is 6.58. The molecule has 0 radical (unpaired) electrons. The summed E-state index contributed by atoms with van der Waals surface area (Å²) in [4.78, 5) is 0. The fourth-order valence-electron chi connectivity index (χ4n) is 10.1. The molecule has 2 rings (SSSR count). The van der Waals surface area contributed by atoms with Crippen molar-refractivity contribution in [3.05, 3.63) is 83.4 Å². The topological polar surface area (TPSA) is 55.4 Å². The molecule has 0 N–H and O–H groups in total. The van der Waals surface area contributed by atoms with Gasteiger partial charge in [0.1, 0.15) is 0 Å². The quantitative estimate of drug-likeness (QED) is 0.0380. The maximum atomic E-state index is 6.58. The summed E-state index contributed by atoms with van der Waals surface area (Å²) in [6.45, 7) is 55.5. The van der Waals surface area contributed by atoms with Crippen molar-refractivity contribution >= 4 is 12.0 Å². The van der Waals surface area contributed by atoms with E-state index in [-0.39, 0.29) is 62.3 Å². The Hall–Kier alpha value is -1.71. The minimum Gasteiger partial charge on any atom is -0.378 e. The van der Waals surface area contributed by atoms with Crippen LogP contribution in [0.2, 0.25) is 0 Å². The van der Waals surface area contributed by atoms with Gasteiger partial charge in [-0.2, -0.15) is 0 Å². The van der Waals surface area contributed by atoms with Crippen LogP contribution in [0.3, 0.4) is 0 Å². The number of hydrogen-bond acceptors (Lipinski definition) is 7. The summed E-state index contributed by atoms with van der Waals surface area (Å²) >= 11 is 1.65. The molecule has 0 bridgehead atoms. The molecule has 71 heavy (non-hydrogen) atoms. The van der Waals surface area contributed by atoms with Crippen molar-refractivity contribution in [1.82, 2.24) is 0 Å². The van der Waals surface area contributed by atoms with Crippen molar-refractivity contribution in [3.8, 4) is 0 Å². The van der Waals surface area contributed by atoms with Crippen LogP contribution in [0.5, 0.6) is 0 Å². The maximum Gasteiger partial charge on any atom is 0.154 e. The third-order valence-electron chi connectivity index (χ3n) is 17.2. The lowest BCUT2D eigenvalue weighted by molar-refractivity contribution is -0.144. The van der Waals surface area contributed by atoms with Crippen LogP contribution < -0.4 is 0 Å². The van der Waals surface area contributed by atoms with Crippen LogP contribution in [0.25, 0.3) is 0 Å². The van der Waals surface area contributed by atoms with Crippen LogP contribution in [0.15, 0.2) is 72.3 Å². The van der Waals surface area contributed by atoms with Crippen LogP contribution in [0, 0.1) is 50.7 Å². The zero-order valence-corrected chi connectivity index (χ0v) is 50.9. The number of ether oxygens (including phenoxy) is 5. The Morgan fingerprint density at radius 2 is 1.01 bits per heavy atom. The molecule has 2 aromatic rings. The Morgan fingerprint density at radius 1 is 0.549 bits per heavy atom. The second kappa shape index (κ2) is 30.1. The molecule has 2 aromatic carbocycles. The van der Waals surface area contributed by atoms with E-state index in [0.29, 0.717) is 56.7 Å². The van der Waals surface area contributed by atoms with E-state index in [9.17, 15) is 0 Å². The highest BCUT2D eigenvalue weighted by molar-refractivity contribution is 7.96. The van der Waals surface area contributed by atoms with Gasteiger partial charge < -0.3 is 27.9 Å². The fraction of sp³-hybridized carbons (Fsp3) is 0.781. The highest BCUT2D eigenvalue weighted by Crippen LogP contribution is 2.56. The number of hydrogen-bond donors (Lipinski definition) is 0. The van der Waals surface area contributed by atoms with Crippen LogP contribution >= 0.6 is 12.0 Å². The Kier molecular flexibility index (Phi) is 27.8. The van der Waals surface area contributed by atoms with Crippen molar-refractivity contribution in [3.63, 3.8) is 0 Å². The first kappa shape index (κ1) is 65.4. The van der Waals surface area contributed by atoms with Gasteiger partial charge in [0.05, 0.1) is 32.5 Å². The van der Waals surface area contributed by atoms with Crippen LogP contribution in [-0.2, 0) is 27.9 Å². The van der Waals surface area contributed by atoms with E-state index < -0.39 is 0 Å². The highest BCUT2D eigenvalue weighted by Gasteiger charge is 2.46. The van der Waals surface area contributed by atoms with Gasteiger partial charge >= 0.3 is 0 Å². The Morgan fingerprint density at radius 3 is 1.49 bits per heavy atom. The number of rotatable bonds is 37. The standard InChI is InChI=1S/C64H112O6S/c1-23-65-51(9)68-44-55(47(3)4)43-67-50(8)32-31-38-59(11,12)41-57(53-33-27-25-28-34-53)63(19,20)60(13,14)39-37-49(7)40-61(15,16)62(17,18)42-58(54-35-29-26-30-36-54)64(21,22)71-70-46-56(48(5)6)45-69-52(10)66-24-2/h25-30,33-37,47-48,50-52,55-58H,23-24,31-32,38-46H2,1-22H3/b49-37+. The lowest BCUT2D eigenvalue weighted by atomic mass is 9.55. The van der Waals surface area contributed by atoms with E-state index in [1.165, 1.54) is 23.1 Å². The van der Waals surface area contributed by atoms with Gasteiger partial charge in [-0.05, 0) is 162 Å². The van der Waals surface area contributed by atoms with E-state index in [4.69, 9.17) is 27.9 Å². The molecule has 0 aliphatic rings. The second-order valence-electron chi connectivity index (χ2n) is 26.0. The smallest absolute Gasteiger partial charge is 0.154 e. The Labute approximate surface area is 444 Å². The van der Waals surface area contributed by atoms with Gasteiger partial charge in [0, 0.05) is 35.7 Å². The normalized spacial score (nSPS) is 16.8. The molecule has 7 atom stereocenters. The monoisotopic (exact) mass is 1010 g/mol. The molecule has 0 aromatic heterocycles. The van der Waals surface area contributed by atoms with Crippen molar-refractivity contribution in [1.29, 1.82) is 0 Å². The van der Waals surface area contributed by atoms with Crippen LogP contribution in [0.4, 0.5) is 0 Å². The third kappa shape index (κ3) is 22.2. The van der Waals surface area contributed by atoms with Gasteiger partial charge in [0.2, 0.25) is 0 Å². The summed E-state index contributed by atoms with van der Waals surface area (Å²) in [5.74, 6) is 2.26. The molecule has 410 valence electrons. The zero-order valence-electron chi connectivity index (χ0n) is 50.1. The summed E-state index contributed by atoms with van der Waals surface area (Å²) in [6.07, 6.45) is 10.1. The van der Waals surface area contributed by atoms with E-state index >= 15 is 0 Å². The molecule has 7 unspecified atom stereocenters. The summed E-state index contributed by atoms with van der Waals surface area (Å²) in [6, 6.07) is 22.5. The summed E-state index contributed by atoms with van der Waals surface area (Å²) in [5.41, 5.74) is 4.64. The number of benzene rings is 2. The lowest BCUT2D eigenvalue weighted by Crippen LogP contribution is -2.40. The molecule has 0 aliphatic heterocycles. The van der Waals surface area contributed by atoms with Crippen LogP contribution in [-0.4, -0.2) is 63.1 Å². The molecule has 7 heteroatoms. The van der Waals surface area contributed by atoms with Crippen molar-refractivity contribution in [2.45, 2.75) is 233 Å². The average Bonchev–Trinajstić information content (AvgIpc) is 3.28. The summed E-state index contributed by atoms with van der Waals surface area (Å²) < 4.78 is 36.2. The van der Waals surface area contributed by atoms with Crippen molar-refractivity contribution < 1.29 is 27.9 Å². The average molecular weight is 1010 g/mol. The van der Waals surface area contributed by atoms with Gasteiger partial charge in [-0.3, -0.25) is 0 Å².